The molecule has 0 unspecified atom stereocenters. The molecule has 0 amide bonds. The summed E-state index contributed by atoms with van der Waals surface area (Å²) < 4.78 is 0. The van der Waals surface area contributed by atoms with Crippen LogP contribution in [0, 0.1) is 0 Å². The predicted octanol–water partition coefficient (Wildman–Crippen LogP) is 4.17. The van der Waals surface area contributed by atoms with Gasteiger partial charge in [0, 0.05) is 12.1 Å². The standard InChI is InChI=1S/C19H24N4/c1-2-3-4-11-16-22-19(17-12-7-5-8-13-17)20-21-23(22)18-14-9-6-10-15-18/h5-10,12-15,21H,2-4,11,16H2,1H3. The molecule has 120 valence electrons. The number of hydrogen-bond acceptors (Lipinski definition) is 4. The van der Waals surface area contributed by atoms with Gasteiger partial charge >= 0.3 is 0 Å². The van der Waals surface area contributed by atoms with E-state index in [0.717, 1.165) is 30.1 Å². The van der Waals surface area contributed by atoms with Crippen LogP contribution < -0.4 is 10.7 Å². The number of rotatable bonds is 7. The SMILES string of the molecule is CCCCCCN1C(c2ccccc2)=NNN1c1ccccc1. The van der Waals surface area contributed by atoms with Crippen LogP contribution in [-0.2, 0) is 0 Å². The second-order valence-electron chi connectivity index (χ2n) is 5.73. The Morgan fingerprint density at radius 3 is 2.26 bits per heavy atom. The van der Waals surface area contributed by atoms with Crippen molar-refractivity contribution < 1.29 is 0 Å². The van der Waals surface area contributed by atoms with Gasteiger partial charge in [0.05, 0.1) is 5.69 Å². The molecule has 1 heterocycles. The minimum absolute atomic E-state index is 0.954. The summed E-state index contributed by atoms with van der Waals surface area (Å²) >= 11 is 0. The normalized spacial score (nSPS) is 13.9. The third-order valence-corrected chi connectivity index (χ3v) is 3.99. The maximum atomic E-state index is 4.56. The number of nitrogens with one attached hydrogen (secondary N) is 1. The second-order valence-corrected chi connectivity index (χ2v) is 5.73. The molecular weight excluding hydrogens is 284 g/mol. The van der Waals surface area contributed by atoms with E-state index in [1.165, 1.54) is 19.3 Å². The highest BCUT2D eigenvalue weighted by atomic mass is 15.9. The number of hydrazone groups is 1. The van der Waals surface area contributed by atoms with Gasteiger partial charge in [0.2, 0.25) is 0 Å². The van der Waals surface area contributed by atoms with Gasteiger partial charge in [-0.15, -0.1) is 5.10 Å². The zero-order valence-corrected chi connectivity index (χ0v) is 13.7. The topological polar surface area (TPSA) is 30.9 Å². The maximum absolute atomic E-state index is 4.56. The molecular formula is C19H24N4. The Hall–Kier alpha value is -2.49. The van der Waals surface area contributed by atoms with E-state index in [1.807, 2.05) is 29.4 Å². The minimum atomic E-state index is 0.954. The van der Waals surface area contributed by atoms with Crippen molar-refractivity contribution in [1.82, 2.24) is 10.5 Å². The third kappa shape index (κ3) is 3.65. The minimum Gasteiger partial charge on any atom is -0.246 e. The van der Waals surface area contributed by atoms with E-state index >= 15 is 0 Å². The van der Waals surface area contributed by atoms with Crippen LogP contribution in [-0.4, -0.2) is 17.4 Å². The summed E-state index contributed by atoms with van der Waals surface area (Å²) in [5.41, 5.74) is 5.39. The van der Waals surface area contributed by atoms with E-state index < -0.39 is 0 Å². The molecule has 0 saturated heterocycles. The summed E-state index contributed by atoms with van der Waals surface area (Å²) in [6, 6.07) is 20.7. The number of nitrogens with zero attached hydrogens (tertiary/aromatic N) is 3. The third-order valence-electron chi connectivity index (χ3n) is 3.99. The first-order chi connectivity index (χ1) is 11.4. The largest absolute Gasteiger partial charge is 0.246 e. The summed E-state index contributed by atoms with van der Waals surface area (Å²) in [5.74, 6) is 0.978. The Bertz CT molecular complexity index is 624. The molecule has 0 aromatic heterocycles. The van der Waals surface area contributed by atoms with Gasteiger partial charge in [-0.05, 0) is 18.6 Å². The predicted molar refractivity (Wildman–Crippen MR) is 95.9 cm³/mol. The summed E-state index contributed by atoms with van der Waals surface area (Å²) in [6.45, 7) is 3.19. The summed E-state index contributed by atoms with van der Waals surface area (Å²) in [6.07, 6.45) is 4.94. The highest BCUT2D eigenvalue weighted by Gasteiger charge is 2.26. The van der Waals surface area contributed by atoms with Crippen LogP contribution in [0.25, 0.3) is 0 Å². The highest BCUT2D eigenvalue weighted by Crippen LogP contribution is 2.21. The highest BCUT2D eigenvalue weighted by molar-refractivity contribution is 6.00. The van der Waals surface area contributed by atoms with E-state index in [-0.39, 0.29) is 0 Å². The Kier molecular flexibility index (Phi) is 5.14. The number of hydrogen-bond donors (Lipinski definition) is 1. The number of para-hydroxylation sites is 1. The Morgan fingerprint density at radius 1 is 0.870 bits per heavy atom. The Labute approximate surface area is 138 Å². The molecule has 2 aromatic rings. The molecule has 0 radical (unpaired) electrons. The number of amidine groups is 1. The quantitative estimate of drug-likeness (QED) is 0.779. The molecule has 0 fully saturated rings. The van der Waals surface area contributed by atoms with Crippen LogP contribution in [0.2, 0.25) is 0 Å². The molecule has 4 nitrogen and oxygen atoms in total. The molecule has 1 aliphatic rings. The van der Waals surface area contributed by atoms with E-state index in [0.29, 0.717) is 0 Å². The summed E-state index contributed by atoms with van der Waals surface area (Å²) in [5, 5.41) is 8.84. The fourth-order valence-electron chi connectivity index (χ4n) is 2.76. The zero-order valence-electron chi connectivity index (χ0n) is 13.7. The van der Waals surface area contributed by atoms with Crippen molar-refractivity contribution in [1.29, 1.82) is 0 Å². The van der Waals surface area contributed by atoms with Crippen LogP contribution >= 0.6 is 0 Å². The van der Waals surface area contributed by atoms with Crippen molar-refractivity contribution in [2.24, 2.45) is 5.10 Å². The molecule has 2 aromatic carbocycles. The molecule has 23 heavy (non-hydrogen) atoms. The summed E-state index contributed by atoms with van der Waals surface area (Å²) in [7, 11) is 0. The number of unbranched alkanes of at least 4 members (excludes halogenated alkanes) is 3. The summed E-state index contributed by atoms with van der Waals surface area (Å²) in [4.78, 5) is 0. The van der Waals surface area contributed by atoms with Crippen molar-refractivity contribution in [3.63, 3.8) is 0 Å². The fourth-order valence-corrected chi connectivity index (χ4v) is 2.76. The van der Waals surface area contributed by atoms with Gasteiger partial charge in [-0.3, -0.25) is 0 Å². The second kappa shape index (κ2) is 7.68. The molecule has 0 bridgehead atoms. The van der Waals surface area contributed by atoms with Crippen molar-refractivity contribution in [3.05, 3.63) is 66.2 Å². The van der Waals surface area contributed by atoms with Crippen LogP contribution in [0.1, 0.15) is 38.2 Å². The Balaban J connectivity index is 1.79. The van der Waals surface area contributed by atoms with E-state index in [4.69, 9.17) is 0 Å². The number of anilines is 1. The van der Waals surface area contributed by atoms with Gasteiger partial charge < -0.3 is 0 Å². The Morgan fingerprint density at radius 2 is 1.57 bits per heavy atom. The van der Waals surface area contributed by atoms with E-state index in [2.05, 4.69) is 59.0 Å². The fraction of sp³-hybridized carbons (Fsp3) is 0.316. The lowest BCUT2D eigenvalue weighted by molar-refractivity contribution is 0.365. The lowest BCUT2D eigenvalue weighted by Gasteiger charge is -2.30. The molecule has 0 aliphatic carbocycles. The first-order valence-corrected chi connectivity index (χ1v) is 8.41. The molecule has 0 saturated carbocycles. The molecule has 0 atom stereocenters. The lowest BCUT2D eigenvalue weighted by atomic mass is 10.1. The maximum Gasteiger partial charge on any atom is 0.178 e. The van der Waals surface area contributed by atoms with Gasteiger partial charge in [-0.25, -0.2) is 5.01 Å². The molecule has 1 aliphatic heterocycles. The van der Waals surface area contributed by atoms with Crippen LogP contribution in [0.4, 0.5) is 5.69 Å². The van der Waals surface area contributed by atoms with Gasteiger partial charge in [0.25, 0.3) is 0 Å². The van der Waals surface area contributed by atoms with E-state index in [9.17, 15) is 0 Å². The van der Waals surface area contributed by atoms with E-state index in [1.54, 1.807) is 0 Å². The van der Waals surface area contributed by atoms with Crippen molar-refractivity contribution >= 4 is 11.5 Å². The van der Waals surface area contributed by atoms with Crippen LogP contribution in [0.5, 0.6) is 0 Å². The van der Waals surface area contributed by atoms with Gasteiger partial charge in [-0.2, -0.15) is 10.7 Å². The lowest BCUT2D eigenvalue weighted by Crippen LogP contribution is -2.46. The average molecular weight is 308 g/mol. The molecule has 0 spiro atoms. The van der Waals surface area contributed by atoms with Gasteiger partial charge in [0.15, 0.2) is 5.84 Å². The first-order valence-electron chi connectivity index (χ1n) is 8.41. The van der Waals surface area contributed by atoms with Crippen LogP contribution in [0.15, 0.2) is 65.8 Å². The van der Waals surface area contributed by atoms with Crippen molar-refractivity contribution in [3.8, 4) is 0 Å². The average Bonchev–Trinajstić information content (AvgIpc) is 3.04. The monoisotopic (exact) mass is 308 g/mol. The molecule has 1 N–H and O–H groups in total. The number of benzene rings is 2. The first kappa shape index (κ1) is 15.4. The van der Waals surface area contributed by atoms with Crippen molar-refractivity contribution in [2.45, 2.75) is 32.6 Å². The van der Waals surface area contributed by atoms with Crippen LogP contribution in [0.3, 0.4) is 0 Å². The van der Waals surface area contributed by atoms with Crippen molar-refractivity contribution in [2.75, 3.05) is 11.7 Å². The smallest absolute Gasteiger partial charge is 0.178 e. The van der Waals surface area contributed by atoms with Gasteiger partial charge in [-0.1, -0.05) is 74.7 Å². The molecule has 4 heteroatoms. The number of hydrazine groups is 2. The molecule has 3 rings (SSSR count). The van der Waals surface area contributed by atoms with Gasteiger partial charge in [0.1, 0.15) is 0 Å². The zero-order chi connectivity index (χ0) is 15.9.